The van der Waals surface area contributed by atoms with Crippen molar-refractivity contribution < 1.29 is 19.5 Å². The highest BCUT2D eigenvalue weighted by molar-refractivity contribution is 7.80. The Labute approximate surface area is 198 Å². The number of ketones is 1. The Kier molecular flexibility index (Phi) is 19.4. The highest BCUT2D eigenvalue weighted by Gasteiger charge is 2.26. The van der Waals surface area contributed by atoms with Crippen LogP contribution in [0.25, 0.3) is 0 Å². The molecule has 0 bridgehead atoms. The van der Waals surface area contributed by atoms with Crippen LogP contribution < -0.4 is 11.1 Å². The maximum Gasteiger partial charge on any atom is 0.314 e. The number of thiol groups is 1. The van der Waals surface area contributed by atoms with Crippen LogP contribution in [-0.2, 0) is 14.4 Å². The summed E-state index contributed by atoms with van der Waals surface area (Å²) in [7, 11) is 0. The third-order valence-electron chi connectivity index (χ3n) is 4.79. The zero-order valence-corrected chi connectivity index (χ0v) is 20.1. The van der Waals surface area contributed by atoms with Crippen LogP contribution in [0.3, 0.4) is 0 Å². The Morgan fingerprint density at radius 3 is 2.25 bits per heavy atom. The van der Waals surface area contributed by atoms with Gasteiger partial charge in [-0.15, -0.1) is 0 Å². The predicted molar refractivity (Wildman–Crippen MR) is 135 cm³/mol. The van der Waals surface area contributed by atoms with E-state index in [1.165, 1.54) is 19.3 Å². The summed E-state index contributed by atoms with van der Waals surface area (Å²) in [5.74, 6) is -3.15. The van der Waals surface area contributed by atoms with Gasteiger partial charge in [0.05, 0.1) is 12.6 Å². The molecule has 0 aromatic rings. The van der Waals surface area contributed by atoms with Gasteiger partial charge in [-0.1, -0.05) is 74.8 Å². The predicted octanol–water partition coefficient (Wildman–Crippen LogP) is 4.39. The molecular weight excluding hydrogens is 424 g/mol. The highest BCUT2D eigenvalue weighted by Crippen LogP contribution is 2.12. The monoisotopic (exact) mass is 464 g/mol. The number of nitrogens with one attached hydrogen (secondary N) is 1. The smallest absolute Gasteiger partial charge is 0.314 e. The normalized spacial score (nSPS) is 14.0. The first kappa shape index (κ1) is 29.9. The molecule has 4 N–H and O–H groups in total. The molecule has 0 aromatic heterocycles. The molecule has 1 amide bonds. The minimum Gasteiger partial charge on any atom is -0.481 e. The van der Waals surface area contributed by atoms with E-state index in [2.05, 4.69) is 43.1 Å². The molecule has 0 aliphatic carbocycles. The molecule has 0 aliphatic rings. The number of carboxylic acid groups (broad SMARTS) is 1. The number of unbranched alkanes of at least 4 members (excludes halogenated alkanes) is 5. The summed E-state index contributed by atoms with van der Waals surface area (Å²) >= 11 is 3.91. The second kappa shape index (κ2) is 20.8. The molecule has 0 saturated carbocycles. The van der Waals surface area contributed by atoms with Crippen LogP contribution in [0.5, 0.6) is 0 Å². The molecule has 0 rings (SSSR count). The van der Waals surface area contributed by atoms with Crippen LogP contribution in [0.4, 0.5) is 0 Å². The van der Waals surface area contributed by atoms with Crippen LogP contribution in [0.2, 0.25) is 0 Å². The molecule has 0 radical (unpaired) electrons. The van der Waals surface area contributed by atoms with Gasteiger partial charge in [0.2, 0.25) is 5.91 Å². The van der Waals surface area contributed by atoms with E-state index in [4.69, 9.17) is 5.73 Å². The van der Waals surface area contributed by atoms with Gasteiger partial charge >= 0.3 is 5.97 Å². The molecular formula is C25H40N2O4S. The van der Waals surface area contributed by atoms with Crippen LogP contribution in [0, 0.1) is 5.92 Å². The maximum absolute atomic E-state index is 12.1. The molecule has 0 saturated heterocycles. The summed E-state index contributed by atoms with van der Waals surface area (Å²) in [5, 5.41) is 11.7. The lowest BCUT2D eigenvalue weighted by Crippen LogP contribution is -2.45. The third-order valence-corrected chi connectivity index (χ3v) is 5.18. The van der Waals surface area contributed by atoms with Crippen molar-refractivity contribution in [3.05, 3.63) is 48.6 Å². The topological polar surface area (TPSA) is 109 Å². The first-order chi connectivity index (χ1) is 15.4. The van der Waals surface area contributed by atoms with Crippen molar-refractivity contribution in [3.8, 4) is 0 Å². The number of amides is 1. The van der Waals surface area contributed by atoms with E-state index in [-0.39, 0.29) is 18.7 Å². The van der Waals surface area contributed by atoms with Crippen molar-refractivity contribution in [2.24, 2.45) is 11.7 Å². The fraction of sp³-hybridized carbons (Fsp3) is 0.560. The van der Waals surface area contributed by atoms with Gasteiger partial charge in [0.1, 0.15) is 5.92 Å². The second-order valence-corrected chi connectivity index (χ2v) is 7.96. The van der Waals surface area contributed by atoms with Crippen LogP contribution in [0.15, 0.2) is 48.6 Å². The first-order valence-corrected chi connectivity index (χ1v) is 12.1. The molecule has 0 aromatic carbocycles. The quantitative estimate of drug-likeness (QED) is 0.0745. The largest absolute Gasteiger partial charge is 0.481 e. The average molecular weight is 465 g/mol. The summed E-state index contributed by atoms with van der Waals surface area (Å²) in [6.07, 6.45) is 24.9. The zero-order valence-electron chi connectivity index (χ0n) is 19.2. The number of hydrogen-bond donors (Lipinski definition) is 4. The van der Waals surface area contributed by atoms with E-state index in [0.717, 1.165) is 25.7 Å². The first-order valence-electron chi connectivity index (χ1n) is 11.5. The fourth-order valence-electron chi connectivity index (χ4n) is 2.81. The summed E-state index contributed by atoms with van der Waals surface area (Å²) in [6, 6.07) is -0.817. The number of Topliss-reactive ketones (excluding diaryl/α,β-unsaturated/α-hetero) is 1. The fourth-order valence-corrected chi connectivity index (χ4v) is 2.98. The Morgan fingerprint density at radius 2 is 1.59 bits per heavy atom. The van der Waals surface area contributed by atoms with Crippen LogP contribution in [-0.4, -0.2) is 41.1 Å². The Morgan fingerprint density at radius 1 is 0.938 bits per heavy atom. The lowest BCUT2D eigenvalue weighted by Gasteiger charge is -2.13. The molecule has 6 nitrogen and oxygen atoms in total. The van der Waals surface area contributed by atoms with Crippen molar-refractivity contribution in [1.82, 2.24) is 5.32 Å². The number of carboxylic acids is 1. The molecule has 2 atom stereocenters. The summed E-state index contributed by atoms with van der Waals surface area (Å²) < 4.78 is 0. The number of nitrogens with two attached hydrogens (primary N) is 1. The second-order valence-electron chi connectivity index (χ2n) is 7.59. The van der Waals surface area contributed by atoms with E-state index in [9.17, 15) is 19.5 Å². The molecule has 0 spiro atoms. The molecule has 0 aliphatic heterocycles. The van der Waals surface area contributed by atoms with Crippen molar-refractivity contribution in [1.29, 1.82) is 0 Å². The minimum atomic E-state index is -1.16. The SMILES string of the molecule is CCCCCC=CCC=CC=CC=CCCCCC(C(=O)O)C(=O)CNC(=O)[C@@H](N)CS. The van der Waals surface area contributed by atoms with Gasteiger partial charge in [-0.2, -0.15) is 12.6 Å². The number of allylic oxidation sites excluding steroid dienone is 8. The Hall–Kier alpha value is -2.12. The third kappa shape index (κ3) is 16.6. The van der Waals surface area contributed by atoms with Gasteiger partial charge < -0.3 is 16.2 Å². The number of carbonyl (C=O) groups is 3. The van der Waals surface area contributed by atoms with E-state index in [1.54, 1.807) is 0 Å². The van der Waals surface area contributed by atoms with Gasteiger partial charge in [-0.3, -0.25) is 14.4 Å². The Balaban J connectivity index is 4.02. The molecule has 0 fully saturated rings. The molecule has 0 heterocycles. The molecule has 32 heavy (non-hydrogen) atoms. The average Bonchev–Trinajstić information content (AvgIpc) is 2.78. The lowest BCUT2D eigenvalue weighted by molar-refractivity contribution is -0.146. The van der Waals surface area contributed by atoms with E-state index in [0.29, 0.717) is 6.42 Å². The number of carbonyl (C=O) groups excluding carboxylic acids is 2. The van der Waals surface area contributed by atoms with Crippen molar-refractivity contribution >= 4 is 30.3 Å². The van der Waals surface area contributed by atoms with Crippen molar-refractivity contribution in [3.63, 3.8) is 0 Å². The van der Waals surface area contributed by atoms with E-state index < -0.39 is 29.6 Å². The van der Waals surface area contributed by atoms with Crippen LogP contribution in [0.1, 0.15) is 64.7 Å². The minimum absolute atomic E-state index is 0.151. The van der Waals surface area contributed by atoms with E-state index >= 15 is 0 Å². The lowest BCUT2D eigenvalue weighted by atomic mass is 9.96. The van der Waals surface area contributed by atoms with Gasteiger partial charge in [-0.05, 0) is 38.5 Å². The molecule has 180 valence electrons. The van der Waals surface area contributed by atoms with Gasteiger partial charge in [-0.25, -0.2) is 0 Å². The maximum atomic E-state index is 12.1. The van der Waals surface area contributed by atoms with Gasteiger partial charge in [0.25, 0.3) is 0 Å². The number of aliphatic carboxylic acids is 1. The summed E-state index contributed by atoms with van der Waals surface area (Å²) in [4.78, 5) is 35.0. The standard InChI is InChI=1S/C25H40N2O4S/c1-2-3-4-5-6-7-8-9-10-11-12-13-14-15-16-17-18-21(25(30)31)23(28)19-27-24(29)22(26)20-32/h6-7,9-14,21-22,32H,2-5,8,15-20,26H2,1H3,(H,27,29)(H,30,31)/t21?,22-/m0/s1. The van der Waals surface area contributed by atoms with E-state index in [1.807, 2.05) is 30.4 Å². The highest BCUT2D eigenvalue weighted by atomic mass is 32.1. The Bertz CT molecular complexity index is 656. The van der Waals surface area contributed by atoms with Gasteiger partial charge in [0.15, 0.2) is 5.78 Å². The summed E-state index contributed by atoms with van der Waals surface area (Å²) in [5.41, 5.74) is 5.51. The number of rotatable bonds is 19. The van der Waals surface area contributed by atoms with Crippen molar-refractivity contribution in [2.75, 3.05) is 12.3 Å². The summed E-state index contributed by atoms with van der Waals surface area (Å²) in [6.45, 7) is 1.88. The molecule has 1 unspecified atom stereocenters. The van der Waals surface area contributed by atoms with Crippen LogP contribution >= 0.6 is 12.6 Å². The van der Waals surface area contributed by atoms with Crippen molar-refractivity contribution in [2.45, 2.75) is 70.8 Å². The van der Waals surface area contributed by atoms with Gasteiger partial charge in [0, 0.05) is 5.75 Å². The molecule has 7 heteroatoms. The zero-order chi connectivity index (χ0) is 24.0. The number of hydrogen-bond acceptors (Lipinski definition) is 5.